The van der Waals surface area contributed by atoms with Gasteiger partial charge in [-0.3, -0.25) is 0 Å². The molecule has 0 radical (unpaired) electrons. The number of hydrogen-bond donors (Lipinski definition) is 0. The van der Waals surface area contributed by atoms with Gasteiger partial charge < -0.3 is 4.55 Å². The fraction of sp³-hybridized carbons (Fsp3) is 0.357. The molecule has 0 aromatic heterocycles. The summed E-state index contributed by atoms with van der Waals surface area (Å²) in [5.41, 5.74) is -0.674. The van der Waals surface area contributed by atoms with Crippen LogP contribution < -0.4 is 0 Å². The second kappa shape index (κ2) is 9.73. The molecule has 202 valence electrons. The lowest BCUT2D eigenvalue weighted by molar-refractivity contribution is -0.0315. The van der Waals surface area contributed by atoms with E-state index in [9.17, 15) is 21.4 Å². The minimum atomic E-state index is -5.46. The van der Waals surface area contributed by atoms with Crippen LogP contribution in [-0.4, -0.2) is 37.6 Å². The second-order valence-corrected chi connectivity index (χ2v) is 16.2. The first-order valence-corrected chi connectivity index (χ1v) is 16.9. The van der Waals surface area contributed by atoms with Gasteiger partial charge in [0.1, 0.15) is 20.1 Å². The van der Waals surface area contributed by atoms with Crippen LogP contribution in [0.15, 0.2) is 99.6 Å². The van der Waals surface area contributed by atoms with Gasteiger partial charge in [0.15, 0.2) is 19.6 Å². The molecule has 0 N–H and O–H groups in total. The maximum Gasteiger partial charge on any atom is 0.289 e. The molecule has 0 saturated heterocycles. The lowest BCUT2D eigenvalue weighted by Crippen LogP contribution is -2.54. The number of rotatable bonds is 8. The maximum atomic E-state index is 16.2. The summed E-state index contributed by atoms with van der Waals surface area (Å²) in [6, 6.07) is 22.9. The highest BCUT2D eigenvalue weighted by Crippen LogP contribution is 2.63. The molecule has 5 rings (SSSR count). The summed E-state index contributed by atoms with van der Waals surface area (Å²) in [7, 11) is -9.86. The van der Waals surface area contributed by atoms with E-state index in [4.69, 9.17) is 0 Å². The largest absolute Gasteiger partial charge is 0.748 e. The monoisotopic (exact) mass is 578 g/mol. The van der Waals surface area contributed by atoms with Gasteiger partial charge in [-0.2, -0.15) is 8.78 Å². The van der Waals surface area contributed by atoms with Crippen molar-refractivity contribution in [2.45, 2.75) is 56.3 Å². The molecule has 0 amide bonds. The summed E-state index contributed by atoms with van der Waals surface area (Å²) in [5, 5.41) is -2.48. The molecular weight excluding hydrogens is 551 g/mol. The van der Waals surface area contributed by atoms with Crippen LogP contribution in [0.1, 0.15) is 31.2 Å². The van der Waals surface area contributed by atoms with E-state index in [0.717, 1.165) is 46.7 Å². The van der Waals surface area contributed by atoms with E-state index in [-0.39, 0.29) is 17.2 Å². The van der Waals surface area contributed by atoms with Crippen molar-refractivity contribution in [3.63, 3.8) is 0 Å². The van der Waals surface area contributed by atoms with Crippen LogP contribution in [0.3, 0.4) is 0 Å². The Morgan fingerprint density at radius 2 is 1.42 bits per heavy atom. The Labute approximate surface area is 225 Å². The maximum absolute atomic E-state index is 16.2. The number of benzene rings is 3. The van der Waals surface area contributed by atoms with Gasteiger partial charge in [-0.05, 0) is 61.6 Å². The first kappa shape index (κ1) is 27.3. The number of alkyl halides is 2. The molecule has 4 atom stereocenters. The van der Waals surface area contributed by atoms with Crippen molar-refractivity contribution in [3.8, 4) is 0 Å². The summed E-state index contributed by atoms with van der Waals surface area (Å²) in [4.78, 5) is 1.69. The molecule has 5 nitrogen and oxygen atoms in total. The number of fused-ring (bicyclic) bond motifs is 2. The van der Waals surface area contributed by atoms with Crippen LogP contribution in [0.5, 0.6) is 0 Å². The minimum Gasteiger partial charge on any atom is -0.748 e. The van der Waals surface area contributed by atoms with E-state index in [1.165, 1.54) is 0 Å². The van der Waals surface area contributed by atoms with Crippen molar-refractivity contribution in [3.05, 3.63) is 90.5 Å². The lowest BCUT2D eigenvalue weighted by Gasteiger charge is -2.42. The van der Waals surface area contributed by atoms with Gasteiger partial charge in [0.05, 0.1) is 15.8 Å². The van der Waals surface area contributed by atoms with Crippen molar-refractivity contribution in [2.75, 3.05) is 6.26 Å². The number of halogens is 2. The third kappa shape index (κ3) is 4.80. The standard InChI is InChI=1S/C28H28F2O5S3/c1-37(31,32)24-14-12-21(13-15-24)28(29,30)26(38(33,34)35)25-18-20-16-17-27(25,19-20)36(22-8-4-2-5-9-22)23-10-6-3-7-11-23/h2-15,20,25-26H,16-19H2,1H3. The summed E-state index contributed by atoms with van der Waals surface area (Å²) < 4.78 is 93.6. The first-order chi connectivity index (χ1) is 17.8. The Hall–Kier alpha value is -2.27. The summed E-state index contributed by atoms with van der Waals surface area (Å²) in [6.45, 7) is 0. The normalized spacial score (nSPS) is 24.6. The van der Waals surface area contributed by atoms with Gasteiger partial charge in [-0.25, -0.2) is 16.8 Å². The average Bonchev–Trinajstić information content (AvgIpc) is 3.43. The molecule has 0 aliphatic heterocycles. The summed E-state index contributed by atoms with van der Waals surface area (Å²) in [5.74, 6) is -5.03. The fourth-order valence-corrected chi connectivity index (χ4v) is 11.7. The van der Waals surface area contributed by atoms with E-state index in [0.29, 0.717) is 12.8 Å². The Morgan fingerprint density at radius 1 is 0.895 bits per heavy atom. The van der Waals surface area contributed by atoms with Gasteiger partial charge >= 0.3 is 0 Å². The zero-order valence-corrected chi connectivity index (χ0v) is 23.1. The Bertz CT molecular complexity index is 1470. The molecule has 2 fully saturated rings. The van der Waals surface area contributed by atoms with Crippen molar-refractivity contribution >= 4 is 30.9 Å². The molecule has 38 heavy (non-hydrogen) atoms. The summed E-state index contributed by atoms with van der Waals surface area (Å²) >= 11 is 0. The van der Waals surface area contributed by atoms with E-state index in [1.807, 2.05) is 60.7 Å². The number of sulfone groups is 1. The minimum absolute atomic E-state index is 0.0510. The predicted octanol–water partition coefficient (Wildman–Crippen LogP) is 5.39. The molecule has 3 aromatic rings. The van der Waals surface area contributed by atoms with Gasteiger partial charge in [0, 0.05) is 24.2 Å². The molecule has 0 spiro atoms. The molecule has 2 saturated carbocycles. The molecule has 2 bridgehead atoms. The third-order valence-corrected chi connectivity index (χ3v) is 13.3. The molecule has 2 aliphatic carbocycles. The van der Waals surface area contributed by atoms with Crippen LogP contribution in [0.2, 0.25) is 0 Å². The Kier molecular flexibility index (Phi) is 6.99. The van der Waals surface area contributed by atoms with Gasteiger partial charge in [0.25, 0.3) is 5.92 Å². The first-order valence-electron chi connectivity index (χ1n) is 12.3. The van der Waals surface area contributed by atoms with E-state index in [1.54, 1.807) is 0 Å². The highest BCUT2D eigenvalue weighted by Gasteiger charge is 2.69. The van der Waals surface area contributed by atoms with E-state index in [2.05, 4.69) is 0 Å². The lowest BCUT2D eigenvalue weighted by atomic mass is 9.82. The Morgan fingerprint density at radius 3 is 1.87 bits per heavy atom. The quantitative estimate of drug-likeness (QED) is 0.264. The molecule has 2 aliphatic rings. The Balaban J connectivity index is 1.66. The third-order valence-electron chi connectivity index (χ3n) is 7.94. The van der Waals surface area contributed by atoms with Gasteiger partial charge in [-0.1, -0.05) is 48.5 Å². The second-order valence-electron chi connectivity index (χ2n) is 10.3. The predicted molar refractivity (Wildman–Crippen MR) is 142 cm³/mol. The van der Waals surface area contributed by atoms with Crippen LogP contribution in [0.4, 0.5) is 8.78 Å². The fourth-order valence-electron chi connectivity index (χ4n) is 6.43. The molecule has 10 heteroatoms. The van der Waals surface area contributed by atoms with Crippen LogP contribution in [-0.2, 0) is 36.8 Å². The SMILES string of the molecule is CS(=O)(=O)c1ccc(C(F)(F)C(C2CC3CCC2([S+](c2ccccc2)c2ccccc2)C3)S(=O)(=O)[O-])cc1. The van der Waals surface area contributed by atoms with Crippen molar-refractivity contribution < 1.29 is 30.2 Å². The van der Waals surface area contributed by atoms with Crippen molar-refractivity contribution in [1.82, 2.24) is 0 Å². The molecule has 0 heterocycles. The van der Waals surface area contributed by atoms with Gasteiger partial charge in [0.2, 0.25) is 0 Å². The summed E-state index contributed by atoms with van der Waals surface area (Å²) in [6.07, 6.45) is 3.09. The molecule has 4 unspecified atom stereocenters. The average molecular weight is 579 g/mol. The van der Waals surface area contributed by atoms with Crippen LogP contribution in [0, 0.1) is 11.8 Å². The highest BCUT2D eigenvalue weighted by molar-refractivity contribution is 7.98. The van der Waals surface area contributed by atoms with Crippen LogP contribution in [0.25, 0.3) is 0 Å². The highest BCUT2D eigenvalue weighted by atomic mass is 32.2. The topological polar surface area (TPSA) is 91.3 Å². The smallest absolute Gasteiger partial charge is 0.289 e. The van der Waals surface area contributed by atoms with Crippen molar-refractivity contribution in [2.24, 2.45) is 11.8 Å². The molecule has 3 aromatic carbocycles. The number of hydrogen-bond acceptors (Lipinski definition) is 5. The van der Waals surface area contributed by atoms with E-state index < -0.39 is 58.3 Å². The zero-order valence-electron chi connectivity index (χ0n) is 20.7. The van der Waals surface area contributed by atoms with Crippen LogP contribution >= 0.6 is 0 Å². The molecular formula is C28H28F2O5S3. The van der Waals surface area contributed by atoms with Crippen molar-refractivity contribution in [1.29, 1.82) is 0 Å². The zero-order chi connectivity index (χ0) is 27.3. The van der Waals surface area contributed by atoms with E-state index >= 15 is 8.78 Å². The van der Waals surface area contributed by atoms with Gasteiger partial charge in [-0.15, -0.1) is 0 Å².